The zero-order chi connectivity index (χ0) is 16.2. The van der Waals surface area contributed by atoms with E-state index in [9.17, 15) is 9.18 Å². The monoisotopic (exact) mass is 330 g/mol. The van der Waals surface area contributed by atoms with Gasteiger partial charge in [0.05, 0.1) is 5.69 Å². The first-order valence-electron chi connectivity index (χ1n) is 6.57. The summed E-state index contributed by atoms with van der Waals surface area (Å²) in [6, 6.07) is 6.36. The van der Waals surface area contributed by atoms with Gasteiger partial charge in [-0.25, -0.2) is 24.1 Å². The topological polar surface area (TPSA) is 91.0 Å². The Kier molecular flexibility index (Phi) is 4.24. The van der Waals surface area contributed by atoms with Crippen molar-refractivity contribution in [1.82, 2.24) is 15.0 Å². The van der Waals surface area contributed by atoms with Gasteiger partial charge in [0.15, 0.2) is 0 Å². The van der Waals surface area contributed by atoms with E-state index in [-0.39, 0.29) is 23.8 Å². The van der Waals surface area contributed by atoms with Crippen molar-refractivity contribution in [3.05, 3.63) is 59.2 Å². The van der Waals surface area contributed by atoms with Crippen LogP contribution in [0.3, 0.4) is 0 Å². The lowest BCUT2D eigenvalue weighted by atomic mass is 10.2. The molecule has 2 heterocycles. The zero-order valence-corrected chi connectivity index (χ0v) is 12.6. The van der Waals surface area contributed by atoms with Crippen LogP contribution in [0, 0.1) is 5.82 Å². The van der Waals surface area contributed by atoms with Crippen LogP contribution in [0.5, 0.6) is 0 Å². The average molecular weight is 330 g/mol. The first kappa shape index (κ1) is 15.0. The molecule has 0 spiro atoms. The van der Waals surface area contributed by atoms with Crippen molar-refractivity contribution < 1.29 is 13.9 Å². The highest BCUT2D eigenvalue weighted by molar-refractivity contribution is 7.13. The zero-order valence-electron chi connectivity index (χ0n) is 11.8. The number of esters is 1. The fraction of sp³-hybridized carbons (Fsp3) is 0.0667. The number of hydrogen-bond acceptors (Lipinski definition) is 7. The molecule has 3 rings (SSSR count). The molecule has 0 radical (unpaired) electrons. The molecule has 0 saturated carbocycles. The summed E-state index contributed by atoms with van der Waals surface area (Å²) >= 11 is 1.28. The molecule has 1 aromatic carbocycles. The average Bonchev–Trinajstić information content (AvgIpc) is 3.02. The maximum atomic E-state index is 13.7. The molecular weight excluding hydrogens is 319 g/mol. The molecule has 2 N–H and O–H groups in total. The molecule has 0 unspecified atom stereocenters. The van der Waals surface area contributed by atoms with Gasteiger partial charge in [0, 0.05) is 17.1 Å². The quantitative estimate of drug-likeness (QED) is 0.740. The number of aromatic nitrogens is 3. The summed E-state index contributed by atoms with van der Waals surface area (Å²) in [5, 5.41) is 2.23. The van der Waals surface area contributed by atoms with Gasteiger partial charge in [-0.3, -0.25) is 0 Å². The highest BCUT2D eigenvalue weighted by Crippen LogP contribution is 2.26. The third-order valence-corrected chi connectivity index (χ3v) is 3.89. The van der Waals surface area contributed by atoms with Crippen molar-refractivity contribution in [2.75, 3.05) is 5.73 Å². The van der Waals surface area contributed by atoms with Crippen LogP contribution in [0.25, 0.3) is 10.6 Å². The van der Waals surface area contributed by atoms with E-state index in [0.29, 0.717) is 16.3 Å². The SMILES string of the molecule is Nc1ncncc1C(=O)OCc1csc(-c2ccccc2F)n1. The number of benzene rings is 1. The number of carbonyl (C=O) groups excluding carboxylic acids is 1. The van der Waals surface area contributed by atoms with Crippen LogP contribution < -0.4 is 5.73 Å². The largest absolute Gasteiger partial charge is 0.455 e. The Labute approximate surface area is 134 Å². The van der Waals surface area contributed by atoms with Crippen molar-refractivity contribution in [2.45, 2.75) is 6.61 Å². The van der Waals surface area contributed by atoms with Crippen molar-refractivity contribution in [3.63, 3.8) is 0 Å². The number of carbonyl (C=O) groups is 1. The predicted molar refractivity (Wildman–Crippen MR) is 83.1 cm³/mol. The van der Waals surface area contributed by atoms with Gasteiger partial charge in [0.1, 0.15) is 35.1 Å². The van der Waals surface area contributed by atoms with Crippen LogP contribution >= 0.6 is 11.3 Å². The van der Waals surface area contributed by atoms with E-state index in [1.165, 1.54) is 29.9 Å². The normalized spacial score (nSPS) is 10.5. The molecule has 0 aliphatic carbocycles. The molecule has 6 nitrogen and oxygen atoms in total. The molecule has 8 heteroatoms. The Morgan fingerprint density at radius 2 is 2.17 bits per heavy atom. The standard InChI is InChI=1S/C15H11FN4O2S/c16-12-4-2-1-3-10(12)14-20-9(7-23-14)6-22-15(21)11-5-18-8-19-13(11)17/h1-5,7-8H,6H2,(H2,17,18,19). The van der Waals surface area contributed by atoms with E-state index in [2.05, 4.69) is 15.0 Å². The van der Waals surface area contributed by atoms with E-state index in [1.54, 1.807) is 23.6 Å². The van der Waals surface area contributed by atoms with Gasteiger partial charge in [0.25, 0.3) is 0 Å². The van der Waals surface area contributed by atoms with E-state index < -0.39 is 5.97 Å². The summed E-state index contributed by atoms with van der Waals surface area (Å²) in [5.41, 5.74) is 6.61. The Bertz CT molecular complexity index is 853. The summed E-state index contributed by atoms with van der Waals surface area (Å²) in [4.78, 5) is 23.6. The minimum absolute atomic E-state index is 0.0435. The Morgan fingerprint density at radius 3 is 2.96 bits per heavy atom. The molecule has 0 fully saturated rings. The van der Waals surface area contributed by atoms with E-state index in [0.717, 1.165) is 0 Å². The molecular formula is C15H11FN4O2S. The Hall–Kier alpha value is -2.87. The number of nitrogens with zero attached hydrogens (tertiary/aromatic N) is 3. The van der Waals surface area contributed by atoms with Gasteiger partial charge >= 0.3 is 5.97 Å². The van der Waals surface area contributed by atoms with Crippen LogP contribution in [-0.2, 0) is 11.3 Å². The summed E-state index contributed by atoms with van der Waals surface area (Å²) in [7, 11) is 0. The van der Waals surface area contributed by atoms with Crippen molar-refractivity contribution in [1.29, 1.82) is 0 Å². The molecule has 0 aliphatic heterocycles. The predicted octanol–water partition coefficient (Wildman–Crippen LogP) is 2.68. The summed E-state index contributed by atoms with van der Waals surface area (Å²) in [6.45, 7) is -0.0435. The second-order valence-corrected chi connectivity index (χ2v) is 5.38. The highest BCUT2D eigenvalue weighted by atomic mass is 32.1. The molecule has 23 heavy (non-hydrogen) atoms. The van der Waals surface area contributed by atoms with Crippen LogP contribution in [-0.4, -0.2) is 20.9 Å². The molecule has 0 amide bonds. The second kappa shape index (κ2) is 6.49. The lowest BCUT2D eigenvalue weighted by molar-refractivity contribution is 0.0469. The van der Waals surface area contributed by atoms with E-state index in [1.807, 2.05) is 0 Å². The fourth-order valence-electron chi connectivity index (χ4n) is 1.85. The number of ether oxygens (including phenoxy) is 1. The molecule has 2 aromatic heterocycles. The fourth-order valence-corrected chi connectivity index (χ4v) is 2.68. The van der Waals surface area contributed by atoms with Gasteiger partial charge < -0.3 is 10.5 Å². The van der Waals surface area contributed by atoms with Crippen molar-refractivity contribution >= 4 is 23.1 Å². The minimum atomic E-state index is -0.636. The highest BCUT2D eigenvalue weighted by Gasteiger charge is 2.14. The number of halogens is 1. The molecule has 3 aromatic rings. The van der Waals surface area contributed by atoms with Crippen molar-refractivity contribution in [3.8, 4) is 10.6 Å². The van der Waals surface area contributed by atoms with E-state index in [4.69, 9.17) is 10.5 Å². The molecule has 116 valence electrons. The number of nitrogen functional groups attached to an aromatic ring is 1. The smallest absolute Gasteiger partial charge is 0.343 e. The lowest BCUT2D eigenvalue weighted by Crippen LogP contribution is -2.10. The van der Waals surface area contributed by atoms with Crippen LogP contribution in [0.2, 0.25) is 0 Å². The van der Waals surface area contributed by atoms with Gasteiger partial charge in [-0.1, -0.05) is 12.1 Å². The van der Waals surface area contributed by atoms with Crippen LogP contribution in [0.15, 0.2) is 42.2 Å². The number of rotatable bonds is 4. The Balaban J connectivity index is 1.70. The number of thiazole rings is 1. The number of hydrogen-bond donors (Lipinski definition) is 1. The van der Waals surface area contributed by atoms with Crippen LogP contribution in [0.4, 0.5) is 10.2 Å². The van der Waals surface area contributed by atoms with Gasteiger partial charge in [-0.15, -0.1) is 11.3 Å². The first-order valence-corrected chi connectivity index (χ1v) is 7.45. The molecule has 0 bridgehead atoms. The third kappa shape index (κ3) is 3.32. The van der Waals surface area contributed by atoms with Gasteiger partial charge in [-0.2, -0.15) is 0 Å². The maximum Gasteiger partial charge on any atom is 0.343 e. The molecule has 0 atom stereocenters. The number of nitrogens with two attached hydrogens (primary N) is 1. The third-order valence-electron chi connectivity index (χ3n) is 2.97. The summed E-state index contributed by atoms with van der Waals surface area (Å²) < 4.78 is 18.8. The van der Waals surface area contributed by atoms with Gasteiger partial charge in [0.2, 0.25) is 0 Å². The second-order valence-electron chi connectivity index (χ2n) is 4.52. The number of anilines is 1. The van der Waals surface area contributed by atoms with E-state index >= 15 is 0 Å². The summed E-state index contributed by atoms with van der Waals surface area (Å²) in [6.07, 6.45) is 2.53. The summed E-state index contributed by atoms with van der Waals surface area (Å²) in [5.74, 6) is -0.932. The molecule has 0 saturated heterocycles. The molecule has 0 aliphatic rings. The minimum Gasteiger partial charge on any atom is -0.455 e. The maximum absolute atomic E-state index is 13.7. The van der Waals surface area contributed by atoms with Crippen molar-refractivity contribution in [2.24, 2.45) is 0 Å². The first-order chi connectivity index (χ1) is 11.1. The van der Waals surface area contributed by atoms with Gasteiger partial charge in [-0.05, 0) is 12.1 Å². The Morgan fingerprint density at radius 1 is 1.35 bits per heavy atom. The van der Waals surface area contributed by atoms with Crippen LogP contribution in [0.1, 0.15) is 16.1 Å². The lowest BCUT2D eigenvalue weighted by Gasteiger charge is -2.04.